The van der Waals surface area contributed by atoms with E-state index in [9.17, 15) is 8.42 Å². The Morgan fingerprint density at radius 3 is 2.26 bits per heavy atom. The Morgan fingerprint density at radius 1 is 1.00 bits per heavy atom. The first-order valence-electron chi connectivity index (χ1n) is 5.43. The lowest BCUT2D eigenvalue weighted by molar-refractivity contribution is 0.601. The Bertz CT molecular complexity index is 700. The summed E-state index contributed by atoms with van der Waals surface area (Å²) in [6, 6.07) is 11.5. The van der Waals surface area contributed by atoms with Crippen LogP contribution in [0.4, 0.5) is 5.69 Å². The molecule has 0 atom stereocenters. The van der Waals surface area contributed by atoms with Gasteiger partial charge in [0.25, 0.3) is 10.0 Å². The number of hydrogen-bond donors (Lipinski definition) is 1. The number of rotatable bonds is 3. The molecule has 6 heteroatoms. The molecular weight excluding hydrogens is 305 g/mol. The molecule has 3 nitrogen and oxygen atoms in total. The van der Waals surface area contributed by atoms with Gasteiger partial charge in [-0.2, -0.15) is 0 Å². The van der Waals surface area contributed by atoms with Crippen LogP contribution in [0.1, 0.15) is 5.56 Å². The number of aryl methyl sites for hydroxylation is 1. The van der Waals surface area contributed by atoms with Gasteiger partial charge in [-0.1, -0.05) is 41.4 Å². The van der Waals surface area contributed by atoms with Gasteiger partial charge < -0.3 is 0 Å². The zero-order valence-electron chi connectivity index (χ0n) is 10.0. The van der Waals surface area contributed by atoms with Crippen molar-refractivity contribution in [2.24, 2.45) is 0 Å². The fraction of sp³-hybridized carbons (Fsp3) is 0.0769. The molecule has 19 heavy (non-hydrogen) atoms. The van der Waals surface area contributed by atoms with Gasteiger partial charge in [-0.15, -0.1) is 0 Å². The standard InChI is InChI=1S/C13H11Cl2NO2S/c1-9-7-13(12(15)8-11(9)14)19(17,18)16-10-5-3-2-4-6-10/h2-8,16H,1H3. The normalized spacial score (nSPS) is 11.3. The number of para-hydroxylation sites is 1. The highest BCUT2D eigenvalue weighted by Crippen LogP contribution is 2.29. The predicted molar refractivity (Wildman–Crippen MR) is 78.4 cm³/mol. The van der Waals surface area contributed by atoms with E-state index in [0.29, 0.717) is 16.3 Å². The van der Waals surface area contributed by atoms with Gasteiger partial charge in [0.1, 0.15) is 4.90 Å². The van der Waals surface area contributed by atoms with Gasteiger partial charge in [-0.25, -0.2) is 8.42 Å². The molecule has 0 saturated carbocycles. The summed E-state index contributed by atoms with van der Waals surface area (Å²) in [6.07, 6.45) is 0. The molecule has 0 aliphatic heterocycles. The van der Waals surface area contributed by atoms with Gasteiger partial charge in [0.05, 0.1) is 5.02 Å². The maximum Gasteiger partial charge on any atom is 0.263 e. The van der Waals surface area contributed by atoms with Crippen molar-refractivity contribution in [2.45, 2.75) is 11.8 Å². The van der Waals surface area contributed by atoms with Gasteiger partial charge in [-0.3, -0.25) is 4.72 Å². The summed E-state index contributed by atoms with van der Waals surface area (Å²) < 4.78 is 27.0. The lowest BCUT2D eigenvalue weighted by Crippen LogP contribution is -2.13. The van der Waals surface area contributed by atoms with Crippen LogP contribution in [-0.4, -0.2) is 8.42 Å². The molecule has 0 radical (unpaired) electrons. The lowest BCUT2D eigenvalue weighted by atomic mass is 10.2. The first kappa shape index (κ1) is 14.2. The summed E-state index contributed by atoms with van der Waals surface area (Å²) in [4.78, 5) is 0.0138. The van der Waals surface area contributed by atoms with Crippen molar-refractivity contribution in [1.82, 2.24) is 0 Å². The maximum atomic E-state index is 12.2. The van der Waals surface area contributed by atoms with Crippen LogP contribution < -0.4 is 4.72 Å². The Kier molecular flexibility index (Phi) is 4.04. The number of anilines is 1. The fourth-order valence-electron chi connectivity index (χ4n) is 1.55. The summed E-state index contributed by atoms with van der Waals surface area (Å²) >= 11 is 11.8. The largest absolute Gasteiger partial charge is 0.280 e. The zero-order valence-corrected chi connectivity index (χ0v) is 12.4. The van der Waals surface area contributed by atoms with E-state index in [-0.39, 0.29) is 9.92 Å². The molecule has 0 heterocycles. The van der Waals surface area contributed by atoms with E-state index in [1.165, 1.54) is 12.1 Å². The SMILES string of the molecule is Cc1cc(S(=O)(=O)Nc2ccccc2)c(Cl)cc1Cl. The van der Waals surface area contributed by atoms with E-state index in [0.717, 1.165) is 0 Å². The molecule has 0 fully saturated rings. The molecule has 2 rings (SSSR count). The smallest absolute Gasteiger partial charge is 0.263 e. The van der Waals surface area contributed by atoms with Gasteiger partial charge in [0.2, 0.25) is 0 Å². The molecule has 0 aliphatic rings. The second kappa shape index (κ2) is 5.41. The topological polar surface area (TPSA) is 46.2 Å². The van der Waals surface area contributed by atoms with Crippen molar-refractivity contribution in [1.29, 1.82) is 0 Å². The molecule has 0 aliphatic carbocycles. The van der Waals surface area contributed by atoms with E-state index >= 15 is 0 Å². The maximum absolute atomic E-state index is 12.2. The molecule has 0 unspecified atom stereocenters. The van der Waals surface area contributed by atoms with Crippen LogP contribution in [-0.2, 0) is 10.0 Å². The van der Waals surface area contributed by atoms with E-state index in [2.05, 4.69) is 4.72 Å². The Morgan fingerprint density at radius 2 is 1.63 bits per heavy atom. The third-order valence-corrected chi connectivity index (χ3v) is 4.78. The average Bonchev–Trinajstić information content (AvgIpc) is 2.34. The van der Waals surface area contributed by atoms with Gasteiger partial charge in [0.15, 0.2) is 0 Å². The van der Waals surface area contributed by atoms with Gasteiger partial charge in [-0.05, 0) is 36.8 Å². The van der Waals surface area contributed by atoms with Crippen LogP contribution in [0.2, 0.25) is 10.0 Å². The van der Waals surface area contributed by atoms with Crippen molar-refractivity contribution < 1.29 is 8.42 Å². The molecule has 0 spiro atoms. The number of benzene rings is 2. The molecule has 0 aromatic heterocycles. The van der Waals surface area contributed by atoms with Crippen LogP contribution in [0.3, 0.4) is 0 Å². The van der Waals surface area contributed by atoms with Crippen molar-refractivity contribution in [3.8, 4) is 0 Å². The quantitative estimate of drug-likeness (QED) is 0.926. The zero-order chi connectivity index (χ0) is 14.0. The fourth-order valence-corrected chi connectivity index (χ4v) is 3.44. The van der Waals surface area contributed by atoms with Crippen LogP contribution in [0.15, 0.2) is 47.4 Å². The Hall–Kier alpha value is -1.23. The van der Waals surface area contributed by atoms with Crippen LogP contribution in [0.5, 0.6) is 0 Å². The van der Waals surface area contributed by atoms with Gasteiger partial charge in [0, 0.05) is 10.7 Å². The highest BCUT2D eigenvalue weighted by atomic mass is 35.5. The minimum absolute atomic E-state index is 0.0138. The summed E-state index contributed by atoms with van der Waals surface area (Å²) in [7, 11) is -3.72. The summed E-state index contributed by atoms with van der Waals surface area (Å²) in [5, 5.41) is 0.530. The summed E-state index contributed by atoms with van der Waals surface area (Å²) in [6.45, 7) is 1.72. The summed E-state index contributed by atoms with van der Waals surface area (Å²) in [5.41, 5.74) is 1.13. The molecule has 0 bridgehead atoms. The van der Waals surface area contributed by atoms with Crippen LogP contribution in [0, 0.1) is 6.92 Å². The molecule has 100 valence electrons. The Balaban J connectivity index is 2.43. The van der Waals surface area contributed by atoms with Crippen molar-refractivity contribution in [3.63, 3.8) is 0 Å². The molecule has 1 N–H and O–H groups in total. The van der Waals surface area contributed by atoms with E-state index in [1.807, 2.05) is 0 Å². The Labute approximate surface area is 122 Å². The summed E-state index contributed by atoms with van der Waals surface area (Å²) in [5.74, 6) is 0. The van der Waals surface area contributed by atoms with Crippen molar-refractivity contribution in [2.75, 3.05) is 4.72 Å². The molecule has 2 aromatic rings. The molecule has 2 aromatic carbocycles. The lowest BCUT2D eigenvalue weighted by Gasteiger charge is -2.11. The van der Waals surface area contributed by atoms with E-state index in [4.69, 9.17) is 23.2 Å². The average molecular weight is 316 g/mol. The molecule has 0 saturated heterocycles. The second-order valence-electron chi connectivity index (χ2n) is 4.00. The van der Waals surface area contributed by atoms with Crippen LogP contribution >= 0.6 is 23.2 Å². The predicted octanol–water partition coefficient (Wildman–Crippen LogP) is 4.10. The second-order valence-corrected chi connectivity index (χ2v) is 6.47. The van der Waals surface area contributed by atoms with Crippen molar-refractivity contribution in [3.05, 3.63) is 58.1 Å². The number of hydrogen-bond acceptors (Lipinski definition) is 2. The number of halogens is 2. The first-order valence-corrected chi connectivity index (χ1v) is 7.67. The minimum atomic E-state index is -3.72. The first-order chi connectivity index (χ1) is 8.90. The minimum Gasteiger partial charge on any atom is -0.280 e. The third kappa shape index (κ3) is 3.21. The monoisotopic (exact) mass is 315 g/mol. The van der Waals surface area contributed by atoms with Crippen LogP contribution in [0.25, 0.3) is 0 Å². The van der Waals surface area contributed by atoms with E-state index in [1.54, 1.807) is 37.3 Å². The van der Waals surface area contributed by atoms with Crippen molar-refractivity contribution >= 4 is 38.9 Å². The van der Waals surface area contributed by atoms with Gasteiger partial charge >= 0.3 is 0 Å². The number of nitrogens with one attached hydrogen (secondary N) is 1. The highest BCUT2D eigenvalue weighted by molar-refractivity contribution is 7.92. The molecule has 0 amide bonds. The molecular formula is C13H11Cl2NO2S. The van der Waals surface area contributed by atoms with E-state index < -0.39 is 10.0 Å². The third-order valence-electron chi connectivity index (χ3n) is 2.53. The number of sulfonamides is 1. The highest BCUT2D eigenvalue weighted by Gasteiger charge is 2.19.